The highest BCUT2D eigenvalue weighted by Crippen LogP contribution is 2.30. The summed E-state index contributed by atoms with van der Waals surface area (Å²) in [6, 6.07) is 17.6. The van der Waals surface area contributed by atoms with E-state index in [0.717, 1.165) is 32.1 Å². The van der Waals surface area contributed by atoms with E-state index in [1.807, 2.05) is 0 Å². The van der Waals surface area contributed by atoms with Crippen molar-refractivity contribution in [3.05, 3.63) is 180 Å². The summed E-state index contributed by atoms with van der Waals surface area (Å²) in [5.41, 5.74) is 13.8. The number of para-hydroxylation sites is 1. The fourth-order valence-electron chi connectivity index (χ4n) is 7.26. The molecule has 2 atom stereocenters. The molecule has 1 unspecified atom stereocenters. The molecule has 0 spiro atoms. The van der Waals surface area contributed by atoms with Gasteiger partial charge in [0.1, 0.15) is 4.05 Å². The van der Waals surface area contributed by atoms with Gasteiger partial charge in [0, 0.05) is 71.1 Å². The highest BCUT2D eigenvalue weighted by Gasteiger charge is 2.17. The van der Waals surface area contributed by atoms with Crippen LogP contribution in [0.4, 0.5) is 0 Å². The van der Waals surface area contributed by atoms with Crippen molar-refractivity contribution in [2.45, 2.75) is 76.7 Å². The molecule has 4 nitrogen and oxygen atoms in total. The van der Waals surface area contributed by atoms with Crippen molar-refractivity contribution < 1.29 is 0 Å². The highest BCUT2D eigenvalue weighted by atomic mass is 127. The molecule has 0 bridgehead atoms. The lowest BCUT2D eigenvalue weighted by atomic mass is 9.98. The van der Waals surface area contributed by atoms with Gasteiger partial charge in [-0.25, -0.2) is 0 Å². The van der Waals surface area contributed by atoms with E-state index in [1.54, 1.807) is 0 Å². The van der Waals surface area contributed by atoms with Gasteiger partial charge in [0.15, 0.2) is 0 Å². The number of aromatic nitrogens is 3. The Bertz CT molecular complexity index is 2150. The molecule has 4 aromatic rings. The minimum absolute atomic E-state index is 0.0896. The monoisotopic (exact) mass is 812 g/mol. The standard InChI is InChI=1S/C48H53IN4/c1-7-18-41-33-47(53(38(41)6)44-20-11-10-12-21-44)36(4)24-25-37(5)52(30-17-19-39(8-2)42-31-45-22-13-15-28-50(45)34-42)48(49)27-26-40(9-3)43-32-46-23-14-16-29-51(46)35-43/h7-12,15-18,20-21,24-35,39,48H,2,13-14,19,22-23H2,1,3-6H3/b18-7-,27-26-,30-17+,36-24+,37-25+,40-9+/t39-,48?/m1/s1. The summed E-state index contributed by atoms with van der Waals surface area (Å²) in [7, 11) is 0. The molecular formula is C48H53IN4. The molecular weight excluding hydrogens is 759 g/mol. The first-order valence-electron chi connectivity index (χ1n) is 18.9. The van der Waals surface area contributed by atoms with Crippen LogP contribution < -0.4 is 0 Å². The van der Waals surface area contributed by atoms with Crippen LogP contribution in [0.5, 0.6) is 0 Å². The van der Waals surface area contributed by atoms with Crippen molar-refractivity contribution in [2.24, 2.45) is 0 Å². The van der Waals surface area contributed by atoms with E-state index in [2.05, 4.69) is 229 Å². The molecule has 0 fully saturated rings. The lowest BCUT2D eigenvalue weighted by Gasteiger charge is -2.25. The Morgan fingerprint density at radius 1 is 0.943 bits per heavy atom. The van der Waals surface area contributed by atoms with E-state index in [9.17, 15) is 0 Å². The number of rotatable bonds is 14. The molecule has 0 radical (unpaired) electrons. The van der Waals surface area contributed by atoms with Crippen LogP contribution in [0.3, 0.4) is 0 Å². The molecule has 0 saturated carbocycles. The Morgan fingerprint density at radius 3 is 2.32 bits per heavy atom. The van der Waals surface area contributed by atoms with Gasteiger partial charge >= 0.3 is 0 Å². The fraction of sp³-hybridized carbons (Fsp3) is 0.250. The fourth-order valence-corrected chi connectivity index (χ4v) is 8.09. The van der Waals surface area contributed by atoms with Gasteiger partial charge in [0.05, 0.1) is 0 Å². The lowest BCUT2D eigenvalue weighted by molar-refractivity contribution is 0.499. The molecule has 0 N–H and O–H groups in total. The van der Waals surface area contributed by atoms with Crippen molar-refractivity contribution >= 4 is 52.2 Å². The summed E-state index contributed by atoms with van der Waals surface area (Å²) < 4.78 is 6.99. The van der Waals surface area contributed by atoms with Crippen LogP contribution in [-0.4, -0.2) is 22.6 Å². The van der Waals surface area contributed by atoms with Gasteiger partial charge in [0.25, 0.3) is 0 Å². The molecule has 2 aliphatic rings. The SMILES string of the molecule is C=C[C@H](C/C=C/N(/C(C)=C/C=C(\C)c1cc(/C=C\C)c(C)n1-c1ccccc1)C(I)/C=C\C(=C/C)c1cc2n(c1)C=CCC2)c1cc2n(c1)C=CCC2. The van der Waals surface area contributed by atoms with E-state index in [4.69, 9.17) is 0 Å². The largest absolute Gasteiger partial charge is 0.336 e. The summed E-state index contributed by atoms with van der Waals surface area (Å²) in [6.07, 6.45) is 41.0. The molecule has 53 heavy (non-hydrogen) atoms. The number of nitrogens with zero attached hydrogens (tertiary/aromatic N) is 4. The van der Waals surface area contributed by atoms with E-state index < -0.39 is 0 Å². The molecule has 0 amide bonds. The molecule has 3 aromatic heterocycles. The van der Waals surface area contributed by atoms with Gasteiger partial charge in [0.2, 0.25) is 0 Å². The molecule has 5 heterocycles. The van der Waals surface area contributed by atoms with Gasteiger partial charge in [-0.2, -0.15) is 0 Å². The number of hydrogen-bond donors (Lipinski definition) is 0. The Kier molecular flexibility index (Phi) is 12.8. The average Bonchev–Trinajstić information content (AvgIpc) is 3.90. The predicted molar refractivity (Wildman–Crippen MR) is 238 cm³/mol. The molecule has 272 valence electrons. The van der Waals surface area contributed by atoms with Crippen LogP contribution in [0.2, 0.25) is 0 Å². The van der Waals surface area contributed by atoms with E-state index in [-0.39, 0.29) is 9.97 Å². The summed E-state index contributed by atoms with van der Waals surface area (Å²) >= 11 is 2.57. The Hall–Kier alpha value is -4.75. The second-order valence-corrected chi connectivity index (χ2v) is 15.2. The van der Waals surface area contributed by atoms with E-state index >= 15 is 0 Å². The Morgan fingerprint density at radius 2 is 1.66 bits per heavy atom. The first kappa shape index (κ1) is 38.0. The third kappa shape index (κ3) is 8.90. The van der Waals surface area contributed by atoms with Crippen LogP contribution >= 0.6 is 22.6 Å². The minimum Gasteiger partial charge on any atom is -0.336 e. The minimum atomic E-state index is 0.0896. The van der Waals surface area contributed by atoms with Gasteiger partial charge in [-0.3, -0.25) is 0 Å². The molecule has 0 saturated heterocycles. The third-order valence-corrected chi connectivity index (χ3v) is 11.3. The maximum absolute atomic E-state index is 4.22. The number of hydrogen-bond acceptors (Lipinski definition) is 1. The number of aryl methyl sites for hydroxylation is 2. The maximum atomic E-state index is 4.22. The van der Waals surface area contributed by atoms with Crippen LogP contribution in [-0.2, 0) is 12.8 Å². The second kappa shape index (κ2) is 17.8. The van der Waals surface area contributed by atoms with Crippen molar-refractivity contribution in [1.29, 1.82) is 0 Å². The molecule has 1 aromatic carbocycles. The normalized spacial score (nSPS) is 16.2. The van der Waals surface area contributed by atoms with E-state index in [1.165, 1.54) is 62.0 Å². The quantitative estimate of drug-likeness (QED) is 0.0408. The molecule has 5 heteroatoms. The number of halogens is 1. The van der Waals surface area contributed by atoms with Gasteiger partial charge in [-0.05, 0) is 131 Å². The lowest BCUT2D eigenvalue weighted by Crippen LogP contribution is -2.22. The molecule has 2 aliphatic heterocycles. The summed E-state index contributed by atoms with van der Waals surface area (Å²) in [5, 5.41) is 0. The third-order valence-electron chi connectivity index (χ3n) is 10.3. The summed E-state index contributed by atoms with van der Waals surface area (Å²) in [4.78, 5) is 2.38. The first-order chi connectivity index (χ1) is 25.8. The van der Waals surface area contributed by atoms with Gasteiger partial charge in [-0.15, -0.1) is 6.58 Å². The van der Waals surface area contributed by atoms with Crippen LogP contribution in [0.1, 0.15) is 92.3 Å². The number of alkyl halides is 1. The Labute approximate surface area is 331 Å². The predicted octanol–water partition coefficient (Wildman–Crippen LogP) is 13.2. The Balaban J connectivity index is 1.30. The summed E-state index contributed by atoms with van der Waals surface area (Å²) in [5.74, 6) is 0.249. The van der Waals surface area contributed by atoms with Gasteiger partial charge in [-0.1, -0.05) is 102 Å². The maximum Gasteiger partial charge on any atom is 0.103 e. The number of allylic oxidation sites excluding steroid dienone is 12. The smallest absolute Gasteiger partial charge is 0.103 e. The summed E-state index contributed by atoms with van der Waals surface area (Å²) in [6.45, 7) is 15.1. The molecule has 6 rings (SSSR count). The molecule has 0 aliphatic carbocycles. The second-order valence-electron chi connectivity index (χ2n) is 13.9. The van der Waals surface area contributed by atoms with E-state index in [0.29, 0.717) is 0 Å². The van der Waals surface area contributed by atoms with Crippen LogP contribution in [0, 0.1) is 6.92 Å². The zero-order valence-electron chi connectivity index (χ0n) is 31.9. The zero-order valence-corrected chi connectivity index (χ0v) is 34.1. The topological polar surface area (TPSA) is 18.0 Å². The highest BCUT2D eigenvalue weighted by molar-refractivity contribution is 14.1. The van der Waals surface area contributed by atoms with Crippen molar-refractivity contribution in [2.75, 3.05) is 0 Å². The van der Waals surface area contributed by atoms with Crippen molar-refractivity contribution in [1.82, 2.24) is 18.6 Å². The average molecular weight is 813 g/mol. The van der Waals surface area contributed by atoms with Crippen LogP contribution in [0.15, 0.2) is 140 Å². The van der Waals surface area contributed by atoms with Crippen LogP contribution in [0.25, 0.3) is 35.3 Å². The number of fused-ring (bicyclic) bond motifs is 2. The van der Waals surface area contributed by atoms with Crippen molar-refractivity contribution in [3.8, 4) is 5.69 Å². The van der Waals surface area contributed by atoms with Gasteiger partial charge < -0.3 is 18.6 Å². The number of benzene rings is 1. The zero-order chi connectivity index (χ0) is 37.3. The van der Waals surface area contributed by atoms with Crippen molar-refractivity contribution in [3.63, 3.8) is 0 Å². The first-order valence-corrected chi connectivity index (χ1v) is 20.1.